The van der Waals surface area contributed by atoms with E-state index in [-0.39, 0.29) is 0 Å². The molecule has 0 fully saturated rings. The lowest BCUT2D eigenvalue weighted by Crippen LogP contribution is -2.51. The van der Waals surface area contributed by atoms with E-state index in [1.54, 1.807) is 20.2 Å². The van der Waals surface area contributed by atoms with Gasteiger partial charge in [0.05, 0.1) is 5.41 Å². The first-order chi connectivity index (χ1) is 8.75. The minimum absolute atomic E-state index is 0.608. The Labute approximate surface area is 113 Å². The van der Waals surface area contributed by atoms with Crippen molar-refractivity contribution < 1.29 is 9.90 Å². The summed E-state index contributed by atoms with van der Waals surface area (Å²) in [4.78, 5) is 20.0. The SMILES string of the molecule is CC(C)(Nc1ncnc2c1CCC2)C(C)(C)C(=O)O. The highest BCUT2D eigenvalue weighted by Crippen LogP contribution is 2.35. The van der Waals surface area contributed by atoms with Crippen LogP contribution in [0.5, 0.6) is 0 Å². The predicted octanol–water partition coefficient (Wildman–Crippen LogP) is 2.27. The molecule has 1 heterocycles. The number of aryl methyl sites for hydroxylation is 1. The fraction of sp³-hybridized carbons (Fsp3) is 0.643. The molecule has 0 atom stereocenters. The molecule has 5 heteroatoms. The van der Waals surface area contributed by atoms with Crippen LogP contribution in [0.2, 0.25) is 0 Å². The van der Waals surface area contributed by atoms with Gasteiger partial charge in [-0.25, -0.2) is 9.97 Å². The Morgan fingerprint density at radius 1 is 1.26 bits per heavy atom. The summed E-state index contributed by atoms with van der Waals surface area (Å²) < 4.78 is 0. The molecular formula is C14H21N3O2. The zero-order valence-electron chi connectivity index (χ0n) is 11.9. The van der Waals surface area contributed by atoms with Crippen LogP contribution in [0.3, 0.4) is 0 Å². The van der Waals surface area contributed by atoms with Crippen LogP contribution in [0.4, 0.5) is 5.82 Å². The van der Waals surface area contributed by atoms with Gasteiger partial charge in [0, 0.05) is 16.8 Å². The summed E-state index contributed by atoms with van der Waals surface area (Å²) in [5.74, 6) is -0.0440. The van der Waals surface area contributed by atoms with Gasteiger partial charge < -0.3 is 10.4 Å². The highest BCUT2D eigenvalue weighted by Gasteiger charge is 2.44. The number of fused-ring (bicyclic) bond motifs is 1. The molecule has 0 aromatic carbocycles. The molecule has 5 nitrogen and oxygen atoms in total. The highest BCUT2D eigenvalue weighted by atomic mass is 16.4. The first-order valence-corrected chi connectivity index (χ1v) is 6.60. The largest absolute Gasteiger partial charge is 0.481 e. The molecule has 104 valence electrons. The summed E-state index contributed by atoms with van der Waals surface area (Å²) in [6.07, 6.45) is 4.58. The molecule has 0 spiro atoms. The summed E-state index contributed by atoms with van der Waals surface area (Å²) in [6.45, 7) is 7.24. The number of aliphatic carboxylic acids is 1. The minimum Gasteiger partial charge on any atom is -0.481 e. The lowest BCUT2D eigenvalue weighted by atomic mass is 9.74. The molecule has 0 radical (unpaired) electrons. The molecular weight excluding hydrogens is 242 g/mol. The molecule has 0 amide bonds. The number of carboxylic acid groups (broad SMARTS) is 1. The first kappa shape index (κ1) is 13.8. The van der Waals surface area contributed by atoms with E-state index >= 15 is 0 Å². The van der Waals surface area contributed by atoms with Crippen molar-refractivity contribution in [3.05, 3.63) is 17.6 Å². The predicted molar refractivity (Wildman–Crippen MR) is 73.2 cm³/mol. The maximum absolute atomic E-state index is 11.4. The number of hydrogen-bond donors (Lipinski definition) is 2. The fourth-order valence-corrected chi connectivity index (χ4v) is 2.19. The van der Waals surface area contributed by atoms with Crippen LogP contribution >= 0.6 is 0 Å². The first-order valence-electron chi connectivity index (χ1n) is 6.60. The van der Waals surface area contributed by atoms with E-state index < -0.39 is 16.9 Å². The van der Waals surface area contributed by atoms with Crippen LogP contribution < -0.4 is 5.32 Å². The molecule has 1 aliphatic rings. The fourth-order valence-electron chi connectivity index (χ4n) is 2.19. The molecule has 2 N–H and O–H groups in total. The third-order valence-electron chi connectivity index (χ3n) is 4.40. The number of aromatic nitrogens is 2. The molecule has 1 aliphatic carbocycles. The van der Waals surface area contributed by atoms with Crippen LogP contribution in [0.1, 0.15) is 45.4 Å². The third-order valence-corrected chi connectivity index (χ3v) is 4.40. The number of carbonyl (C=O) groups is 1. The molecule has 1 aromatic rings. The van der Waals surface area contributed by atoms with E-state index in [0.717, 1.165) is 36.3 Å². The Kier molecular flexibility index (Phi) is 3.24. The highest BCUT2D eigenvalue weighted by molar-refractivity contribution is 5.76. The van der Waals surface area contributed by atoms with Crippen LogP contribution in [0.15, 0.2) is 6.33 Å². The van der Waals surface area contributed by atoms with Crippen LogP contribution in [0.25, 0.3) is 0 Å². The van der Waals surface area contributed by atoms with Gasteiger partial charge in [0.2, 0.25) is 0 Å². The Morgan fingerprint density at radius 3 is 2.58 bits per heavy atom. The second-order valence-electron chi connectivity index (χ2n) is 6.18. The lowest BCUT2D eigenvalue weighted by Gasteiger charge is -2.39. The molecule has 0 saturated carbocycles. The number of nitrogens with zero attached hydrogens (tertiary/aromatic N) is 2. The minimum atomic E-state index is -0.899. The smallest absolute Gasteiger partial charge is 0.311 e. The van der Waals surface area contributed by atoms with E-state index in [9.17, 15) is 9.90 Å². The Balaban J connectivity index is 2.31. The van der Waals surface area contributed by atoms with Crippen molar-refractivity contribution >= 4 is 11.8 Å². The number of carboxylic acids is 1. The molecule has 2 rings (SSSR count). The van der Waals surface area contributed by atoms with Crippen molar-refractivity contribution in [2.75, 3.05) is 5.32 Å². The van der Waals surface area contributed by atoms with Crippen molar-refractivity contribution in [3.8, 4) is 0 Å². The topological polar surface area (TPSA) is 75.1 Å². The van der Waals surface area contributed by atoms with Gasteiger partial charge in [-0.1, -0.05) is 0 Å². The normalized spacial score (nSPS) is 15.2. The molecule has 19 heavy (non-hydrogen) atoms. The van der Waals surface area contributed by atoms with Crippen molar-refractivity contribution in [1.29, 1.82) is 0 Å². The van der Waals surface area contributed by atoms with Gasteiger partial charge in [-0.05, 0) is 47.0 Å². The van der Waals surface area contributed by atoms with Crippen molar-refractivity contribution in [2.45, 2.75) is 52.5 Å². The standard InChI is InChI=1S/C14H21N3O2/c1-13(2,12(18)19)14(3,4)17-11-9-6-5-7-10(9)15-8-16-11/h8H,5-7H2,1-4H3,(H,18,19)(H,15,16,17). The average molecular weight is 263 g/mol. The molecule has 0 aliphatic heterocycles. The monoisotopic (exact) mass is 263 g/mol. The Hall–Kier alpha value is -1.65. The maximum atomic E-state index is 11.4. The van der Waals surface area contributed by atoms with E-state index in [0.29, 0.717) is 0 Å². The van der Waals surface area contributed by atoms with E-state index in [4.69, 9.17) is 0 Å². The summed E-state index contributed by atoms with van der Waals surface area (Å²) in [6, 6.07) is 0. The van der Waals surface area contributed by atoms with Gasteiger partial charge in [-0.3, -0.25) is 4.79 Å². The number of anilines is 1. The zero-order chi connectivity index (χ0) is 14.3. The Morgan fingerprint density at radius 2 is 1.95 bits per heavy atom. The number of nitrogens with one attached hydrogen (secondary N) is 1. The lowest BCUT2D eigenvalue weighted by molar-refractivity contribution is -0.149. The average Bonchev–Trinajstić information content (AvgIpc) is 2.77. The molecule has 1 aromatic heterocycles. The van der Waals surface area contributed by atoms with Crippen molar-refractivity contribution in [3.63, 3.8) is 0 Å². The van der Waals surface area contributed by atoms with Crippen LogP contribution in [0, 0.1) is 5.41 Å². The molecule has 0 bridgehead atoms. The van der Waals surface area contributed by atoms with Crippen molar-refractivity contribution in [1.82, 2.24) is 9.97 Å². The second-order valence-corrected chi connectivity index (χ2v) is 6.18. The van der Waals surface area contributed by atoms with Gasteiger partial charge in [-0.2, -0.15) is 0 Å². The van der Waals surface area contributed by atoms with Gasteiger partial charge in [0.15, 0.2) is 0 Å². The Bertz CT molecular complexity index is 509. The van der Waals surface area contributed by atoms with E-state index in [1.165, 1.54) is 0 Å². The molecule has 0 unspecified atom stereocenters. The maximum Gasteiger partial charge on any atom is 0.311 e. The number of rotatable bonds is 4. The zero-order valence-corrected chi connectivity index (χ0v) is 11.9. The third kappa shape index (κ3) is 2.29. The van der Waals surface area contributed by atoms with Crippen LogP contribution in [-0.2, 0) is 17.6 Å². The van der Waals surface area contributed by atoms with Gasteiger partial charge in [0.1, 0.15) is 12.1 Å². The second kappa shape index (κ2) is 4.47. The van der Waals surface area contributed by atoms with Gasteiger partial charge >= 0.3 is 5.97 Å². The summed E-state index contributed by atoms with van der Waals surface area (Å²) in [5, 5.41) is 12.7. The summed E-state index contributed by atoms with van der Waals surface area (Å²) in [7, 11) is 0. The van der Waals surface area contributed by atoms with E-state index in [2.05, 4.69) is 15.3 Å². The summed E-state index contributed by atoms with van der Waals surface area (Å²) >= 11 is 0. The van der Waals surface area contributed by atoms with Crippen molar-refractivity contribution in [2.24, 2.45) is 5.41 Å². The van der Waals surface area contributed by atoms with E-state index in [1.807, 2.05) is 13.8 Å². The van der Waals surface area contributed by atoms with Crippen LogP contribution in [-0.4, -0.2) is 26.6 Å². The van der Waals surface area contributed by atoms with Gasteiger partial charge in [-0.15, -0.1) is 0 Å². The quantitative estimate of drug-likeness (QED) is 0.871. The van der Waals surface area contributed by atoms with Gasteiger partial charge in [0.25, 0.3) is 0 Å². The number of hydrogen-bond acceptors (Lipinski definition) is 4. The molecule has 0 saturated heterocycles. The summed E-state index contributed by atoms with van der Waals surface area (Å²) in [5.41, 5.74) is 0.714.